The second kappa shape index (κ2) is 23.0. The van der Waals surface area contributed by atoms with E-state index in [2.05, 4.69) is 85.1 Å². The number of rotatable bonds is 12. The van der Waals surface area contributed by atoms with Crippen LogP contribution in [0.15, 0.2) is 148 Å². The second-order valence-corrected chi connectivity index (χ2v) is 19.4. The summed E-state index contributed by atoms with van der Waals surface area (Å²) < 4.78 is 15.6. The number of aryl methyl sites for hydroxylation is 2. The zero-order chi connectivity index (χ0) is 56.1. The Morgan fingerprint density at radius 1 is 0.617 bits per heavy atom. The zero-order valence-electron chi connectivity index (χ0n) is 45.0. The smallest absolute Gasteiger partial charge is 0.327 e. The molecule has 4 unspecified atom stereocenters. The van der Waals surface area contributed by atoms with Gasteiger partial charge in [-0.2, -0.15) is 10.2 Å². The molecule has 10 aromatic rings. The number of ether oxygens (including phenoxy) is 2. The van der Waals surface area contributed by atoms with E-state index < -0.39 is 5.97 Å². The van der Waals surface area contributed by atoms with Gasteiger partial charge >= 0.3 is 5.97 Å². The van der Waals surface area contributed by atoms with Crippen LogP contribution in [0.4, 0.5) is 34.6 Å². The number of amides is 1. The first-order chi connectivity index (χ1) is 39.5. The van der Waals surface area contributed by atoms with Crippen molar-refractivity contribution in [1.29, 1.82) is 0 Å². The lowest BCUT2D eigenvalue weighted by atomic mass is 10.2. The number of nitrogens with one attached hydrogen (secondary N) is 3. The van der Waals surface area contributed by atoms with Crippen LogP contribution in [0.2, 0.25) is 0 Å². The largest absolute Gasteiger partial charge is 0.478 e. The molecule has 4 aliphatic rings. The van der Waals surface area contributed by atoms with Crippen molar-refractivity contribution in [3.05, 3.63) is 159 Å². The molecule has 2 aromatic carbocycles. The maximum absolute atomic E-state index is 12.1. The number of nitrogens with zero attached hydrogens (tertiary/aromatic N) is 15. The number of carbonyl (C=O) groups is 2. The molecule has 4 fully saturated rings. The number of piperazine rings is 2. The van der Waals surface area contributed by atoms with Gasteiger partial charge in [0.1, 0.15) is 71.0 Å². The molecule has 1 amide bonds. The fourth-order valence-electron chi connectivity index (χ4n) is 10.5. The van der Waals surface area contributed by atoms with Crippen molar-refractivity contribution in [1.82, 2.24) is 69.3 Å². The van der Waals surface area contributed by atoms with E-state index in [1.54, 1.807) is 15.4 Å². The van der Waals surface area contributed by atoms with Crippen molar-refractivity contribution in [2.45, 2.75) is 64.7 Å². The summed E-state index contributed by atoms with van der Waals surface area (Å²) in [5.41, 5.74) is 8.19. The number of benzene rings is 2. The number of anilines is 6. The summed E-state index contributed by atoms with van der Waals surface area (Å²) in [7, 11) is 0. The highest BCUT2D eigenvalue weighted by Gasteiger charge is 2.45. The molecule has 23 nitrogen and oxygen atoms in total. The summed E-state index contributed by atoms with van der Waals surface area (Å²) in [5, 5.41) is 26.2. The van der Waals surface area contributed by atoms with Crippen molar-refractivity contribution >= 4 is 79.9 Å². The lowest BCUT2D eigenvalue weighted by Crippen LogP contribution is -2.48. The Balaban J connectivity index is 0.000000154. The van der Waals surface area contributed by atoms with Gasteiger partial charge in [-0.15, -0.1) is 0 Å². The maximum atomic E-state index is 12.1. The molecular formula is C58H58N18O5. The van der Waals surface area contributed by atoms with Crippen molar-refractivity contribution in [2.24, 2.45) is 0 Å². The number of hydrogen-bond acceptors (Lipinski definition) is 19. The summed E-state index contributed by atoms with van der Waals surface area (Å²) in [4.78, 5) is 64.1. The summed E-state index contributed by atoms with van der Waals surface area (Å²) in [6.07, 6.45) is 14.1. The first-order valence-corrected chi connectivity index (χ1v) is 26.5. The number of carboxylic acid groups (broad SMARTS) is 1. The Morgan fingerprint density at radius 2 is 1.15 bits per heavy atom. The van der Waals surface area contributed by atoms with Crippen molar-refractivity contribution < 1.29 is 24.2 Å². The van der Waals surface area contributed by atoms with E-state index in [-0.39, 0.29) is 18.0 Å². The van der Waals surface area contributed by atoms with Crippen LogP contribution in [-0.4, -0.2) is 131 Å². The van der Waals surface area contributed by atoms with Gasteiger partial charge in [-0.3, -0.25) is 4.79 Å². The highest BCUT2D eigenvalue weighted by atomic mass is 16.5. The highest BCUT2D eigenvalue weighted by molar-refractivity contribution is 5.90. The van der Waals surface area contributed by atoms with E-state index >= 15 is 0 Å². The van der Waals surface area contributed by atoms with E-state index in [1.165, 1.54) is 31.5 Å². The first kappa shape index (κ1) is 52.9. The van der Waals surface area contributed by atoms with Crippen molar-refractivity contribution in [3.8, 4) is 23.0 Å². The highest BCUT2D eigenvalue weighted by Crippen LogP contribution is 2.37. The van der Waals surface area contributed by atoms with E-state index in [1.807, 2.05) is 124 Å². The Kier molecular flexibility index (Phi) is 15.0. The van der Waals surface area contributed by atoms with E-state index in [9.17, 15) is 9.59 Å². The minimum absolute atomic E-state index is 0.00314. The van der Waals surface area contributed by atoms with Crippen LogP contribution in [0.1, 0.15) is 37.8 Å². The molecule has 0 aliphatic carbocycles. The number of fused-ring (bicyclic) bond motifs is 8. The SMILES string of the molecule is C=CC(=O)N1CC2CC1CN2c1ccc2ncnc(Nc3ccc(Oc4ccn5ncnc5c4)c(C)c3)c2n1.C=CC(=O)O.CC.Cc1cc(Nc2ncnc3ccc(N4CC5CC4CN5)nc23)ccc1Oc1ccn2ncnc2c1. The van der Waals surface area contributed by atoms with Gasteiger partial charge in [-0.1, -0.05) is 27.0 Å². The van der Waals surface area contributed by atoms with E-state index in [0.717, 1.165) is 106 Å². The summed E-state index contributed by atoms with van der Waals surface area (Å²) in [6, 6.07) is 28.8. The monoisotopic (exact) mass is 1090 g/mol. The predicted molar refractivity (Wildman–Crippen MR) is 308 cm³/mol. The molecule has 0 spiro atoms. The predicted octanol–water partition coefficient (Wildman–Crippen LogP) is 8.63. The van der Waals surface area contributed by atoms with Gasteiger partial charge in [-0.25, -0.2) is 53.7 Å². The Hall–Kier alpha value is -10.2. The first-order valence-electron chi connectivity index (χ1n) is 26.5. The van der Waals surface area contributed by atoms with Crippen LogP contribution in [0, 0.1) is 13.8 Å². The molecule has 81 heavy (non-hydrogen) atoms. The molecule has 4 atom stereocenters. The minimum atomic E-state index is -0.981. The van der Waals surface area contributed by atoms with Crippen LogP contribution in [0.25, 0.3) is 33.4 Å². The third-order valence-corrected chi connectivity index (χ3v) is 14.3. The van der Waals surface area contributed by atoms with Crippen LogP contribution in [0.5, 0.6) is 23.0 Å². The molecule has 4 bridgehead atoms. The molecule has 0 radical (unpaired) electrons. The van der Waals surface area contributed by atoms with Gasteiger partial charge in [-0.05, 0) is 117 Å². The van der Waals surface area contributed by atoms with Crippen LogP contribution in [-0.2, 0) is 9.59 Å². The number of aromatic nitrogens is 12. The molecule has 8 aromatic heterocycles. The molecule has 4 saturated heterocycles. The average Bonchev–Trinajstić information content (AvgIpc) is 4.43. The quantitative estimate of drug-likeness (QED) is 0.0835. The topological polar surface area (TPSA) is 256 Å². The van der Waals surface area contributed by atoms with Gasteiger partial charge in [0.25, 0.3) is 0 Å². The molecule has 14 rings (SSSR count). The Bertz CT molecular complexity index is 3980. The maximum Gasteiger partial charge on any atom is 0.327 e. The van der Waals surface area contributed by atoms with E-state index in [0.29, 0.717) is 47.3 Å². The Labute approximate surface area is 465 Å². The van der Waals surface area contributed by atoms with Crippen molar-refractivity contribution in [2.75, 3.05) is 46.6 Å². The molecule has 12 heterocycles. The number of pyridine rings is 4. The standard InChI is InChI=1S/C28H25N9O2.C25H23N9O.C3H4O2.C2H6/c1-3-26(38)36-14-19-11-20(36)13-35(19)24-7-5-22-27(34-24)28(31-15-29-22)33-18-4-6-23(17(2)10-18)39-21-8-9-37-25(12-21)30-16-32-37;1-15-8-16(2-4-21(15)35-19-6-7-34-23(10-19)28-14-30-34)31-25-24-20(27-13-29-25)3-5-22(32-24)33-12-17-9-18(33)11-26-17;1-2-3(4)5;1-2/h3-10,12,15-16,19-20H,1,11,13-14H2,2H3,(H,29,31,33);2-8,10,13-14,17-18,26H,9,11-12H2,1H3,(H,27,29,31);2H,1H2,(H,4,5);1-2H3. The second-order valence-electron chi connectivity index (χ2n) is 19.4. The number of likely N-dealkylation sites (tertiary alicyclic amines) is 1. The van der Waals surface area contributed by atoms with Gasteiger partial charge in [0.15, 0.2) is 22.9 Å². The van der Waals surface area contributed by atoms with Crippen LogP contribution in [0.3, 0.4) is 0 Å². The molecule has 23 heteroatoms. The number of carbonyl (C=O) groups excluding carboxylic acids is 1. The lowest BCUT2D eigenvalue weighted by molar-refractivity contribution is -0.131. The van der Waals surface area contributed by atoms with Crippen LogP contribution < -0.4 is 35.2 Å². The minimum Gasteiger partial charge on any atom is -0.478 e. The van der Waals surface area contributed by atoms with E-state index in [4.69, 9.17) is 24.5 Å². The fourth-order valence-corrected chi connectivity index (χ4v) is 10.5. The summed E-state index contributed by atoms with van der Waals surface area (Å²) >= 11 is 0. The normalized spacial score (nSPS) is 17.5. The van der Waals surface area contributed by atoms with Gasteiger partial charge < -0.3 is 45.2 Å². The molecule has 0 saturated carbocycles. The van der Waals surface area contributed by atoms with Crippen molar-refractivity contribution in [3.63, 3.8) is 0 Å². The molecule has 4 aliphatic heterocycles. The van der Waals surface area contributed by atoms with Gasteiger partial charge in [0.2, 0.25) is 5.91 Å². The molecular weight excluding hydrogens is 1030 g/mol. The molecule has 410 valence electrons. The third-order valence-electron chi connectivity index (χ3n) is 14.3. The number of hydrogen-bond donors (Lipinski definition) is 4. The summed E-state index contributed by atoms with van der Waals surface area (Å²) in [6.45, 7) is 18.0. The average molecular weight is 1090 g/mol. The van der Waals surface area contributed by atoms with Gasteiger partial charge in [0, 0.05) is 80.2 Å². The lowest BCUT2D eigenvalue weighted by Gasteiger charge is -2.34. The zero-order valence-corrected chi connectivity index (χ0v) is 45.0. The fraction of sp³-hybridized carbons (Fsp3) is 0.241. The number of carboxylic acids is 1. The summed E-state index contributed by atoms with van der Waals surface area (Å²) in [5.74, 6) is 5.07. The Morgan fingerprint density at radius 3 is 1.59 bits per heavy atom. The van der Waals surface area contributed by atoms with Crippen LogP contribution >= 0.6 is 0 Å². The number of aliphatic carboxylic acids is 1. The molecule has 4 N–H and O–H groups in total. The van der Waals surface area contributed by atoms with Gasteiger partial charge in [0.05, 0.1) is 23.1 Å². The third kappa shape index (κ3) is 11.3.